The number of benzene rings is 2. The zero-order valence-corrected chi connectivity index (χ0v) is 15.2. The molecule has 2 aromatic rings. The van der Waals surface area contributed by atoms with Crippen molar-refractivity contribution in [2.75, 3.05) is 0 Å². The molecular weight excluding hydrogens is 320 g/mol. The zero-order valence-electron chi connectivity index (χ0n) is 13.7. The summed E-state index contributed by atoms with van der Waals surface area (Å²) in [5.41, 5.74) is 4.31. The van der Waals surface area contributed by atoms with Crippen LogP contribution >= 0.6 is 15.9 Å². The molecule has 1 atom stereocenters. The van der Waals surface area contributed by atoms with Gasteiger partial charge in [-0.3, -0.25) is 0 Å². The summed E-state index contributed by atoms with van der Waals surface area (Å²) < 4.78 is 0. The van der Waals surface area contributed by atoms with Crippen LogP contribution in [-0.2, 0) is 10.8 Å². The molecule has 112 valence electrons. The predicted octanol–water partition coefficient (Wildman–Crippen LogP) is 6.40. The number of hydrogen-bond acceptors (Lipinski definition) is 0. The van der Waals surface area contributed by atoms with Gasteiger partial charge >= 0.3 is 0 Å². The SMILES string of the molecule is CC(C)(C)c1ccc(C(Br)C(C)(C)c2ccccc2)cc1. The van der Waals surface area contributed by atoms with Crippen molar-refractivity contribution in [1.29, 1.82) is 0 Å². The van der Waals surface area contributed by atoms with Crippen molar-refractivity contribution in [3.63, 3.8) is 0 Å². The molecule has 0 fully saturated rings. The fraction of sp³-hybridized carbons (Fsp3) is 0.400. The molecule has 0 N–H and O–H groups in total. The van der Waals surface area contributed by atoms with Crippen molar-refractivity contribution in [1.82, 2.24) is 0 Å². The number of alkyl halides is 1. The molecule has 0 bridgehead atoms. The first-order valence-corrected chi connectivity index (χ1v) is 8.44. The molecule has 21 heavy (non-hydrogen) atoms. The Morgan fingerprint density at radius 2 is 1.24 bits per heavy atom. The summed E-state index contributed by atoms with van der Waals surface area (Å²) in [4.78, 5) is 0.293. The molecule has 0 aromatic heterocycles. The minimum absolute atomic E-state index is 0.0461. The van der Waals surface area contributed by atoms with Crippen LogP contribution in [0.3, 0.4) is 0 Å². The van der Waals surface area contributed by atoms with Gasteiger partial charge in [0.15, 0.2) is 0 Å². The maximum absolute atomic E-state index is 3.92. The third-order valence-electron chi connectivity index (χ3n) is 4.22. The van der Waals surface area contributed by atoms with Crippen molar-refractivity contribution in [3.8, 4) is 0 Å². The summed E-state index contributed by atoms with van der Waals surface area (Å²) in [7, 11) is 0. The van der Waals surface area contributed by atoms with E-state index >= 15 is 0 Å². The Hall–Kier alpha value is -1.08. The second-order valence-electron chi connectivity index (χ2n) is 7.32. The molecule has 0 heterocycles. The van der Waals surface area contributed by atoms with E-state index in [0.717, 1.165) is 0 Å². The smallest absolute Gasteiger partial charge is 0.0486 e. The van der Waals surface area contributed by atoms with E-state index in [1.54, 1.807) is 0 Å². The molecule has 2 aromatic carbocycles. The molecule has 0 spiro atoms. The van der Waals surface area contributed by atoms with Crippen molar-refractivity contribution in [2.45, 2.75) is 50.3 Å². The van der Waals surface area contributed by atoms with Gasteiger partial charge in [-0.1, -0.05) is 105 Å². The van der Waals surface area contributed by atoms with E-state index in [4.69, 9.17) is 0 Å². The summed E-state index contributed by atoms with van der Waals surface area (Å²) in [6.45, 7) is 11.3. The maximum atomic E-state index is 3.92. The van der Waals surface area contributed by atoms with E-state index in [0.29, 0.717) is 4.83 Å². The predicted molar refractivity (Wildman–Crippen MR) is 96.3 cm³/mol. The van der Waals surface area contributed by atoms with Gasteiger partial charge < -0.3 is 0 Å². The lowest BCUT2D eigenvalue weighted by atomic mass is 9.78. The highest BCUT2D eigenvalue weighted by atomic mass is 79.9. The van der Waals surface area contributed by atoms with Crippen molar-refractivity contribution < 1.29 is 0 Å². The van der Waals surface area contributed by atoms with E-state index in [-0.39, 0.29) is 10.8 Å². The van der Waals surface area contributed by atoms with Gasteiger partial charge in [-0.2, -0.15) is 0 Å². The van der Waals surface area contributed by atoms with Gasteiger partial charge in [-0.15, -0.1) is 0 Å². The zero-order chi connectivity index (χ0) is 15.7. The van der Waals surface area contributed by atoms with E-state index < -0.39 is 0 Å². The van der Waals surface area contributed by atoms with Crippen LogP contribution < -0.4 is 0 Å². The molecule has 0 saturated heterocycles. The molecule has 0 aliphatic carbocycles. The Bertz CT molecular complexity index is 573. The maximum Gasteiger partial charge on any atom is 0.0486 e. The minimum atomic E-state index is 0.0461. The molecule has 1 unspecified atom stereocenters. The Morgan fingerprint density at radius 1 is 0.714 bits per heavy atom. The van der Waals surface area contributed by atoms with Gasteiger partial charge in [-0.05, 0) is 22.1 Å². The normalized spacial score (nSPS) is 14.0. The largest absolute Gasteiger partial charge is 0.0829 e. The van der Waals surface area contributed by atoms with Crippen LogP contribution in [0, 0.1) is 0 Å². The molecule has 1 heteroatoms. The van der Waals surface area contributed by atoms with Crippen LogP contribution in [0.15, 0.2) is 54.6 Å². The summed E-state index contributed by atoms with van der Waals surface area (Å²) >= 11 is 3.92. The van der Waals surface area contributed by atoms with Gasteiger partial charge in [0.2, 0.25) is 0 Å². The van der Waals surface area contributed by atoms with Gasteiger partial charge in [-0.25, -0.2) is 0 Å². The summed E-state index contributed by atoms with van der Waals surface area (Å²) in [5, 5.41) is 0. The molecule has 0 aliphatic heterocycles. The highest BCUT2D eigenvalue weighted by molar-refractivity contribution is 9.09. The average molecular weight is 345 g/mol. The first-order chi connectivity index (χ1) is 9.73. The van der Waals surface area contributed by atoms with Crippen LogP contribution in [0.4, 0.5) is 0 Å². The van der Waals surface area contributed by atoms with Crippen molar-refractivity contribution in [2.24, 2.45) is 0 Å². The van der Waals surface area contributed by atoms with E-state index in [1.165, 1.54) is 16.7 Å². The molecule has 0 radical (unpaired) electrons. The third-order valence-corrected chi connectivity index (χ3v) is 5.89. The van der Waals surface area contributed by atoms with Gasteiger partial charge in [0, 0.05) is 10.2 Å². The molecule has 2 rings (SSSR count). The van der Waals surface area contributed by atoms with E-state index in [1.807, 2.05) is 0 Å². The van der Waals surface area contributed by atoms with Crippen LogP contribution in [0.5, 0.6) is 0 Å². The second kappa shape index (κ2) is 5.96. The second-order valence-corrected chi connectivity index (χ2v) is 8.24. The van der Waals surface area contributed by atoms with Crippen LogP contribution in [0.1, 0.15) is 56.1 Å². The highest BCUT2D eigenvalue weighted by Crippen LogP contribution is 2.43. The number of hydrogen-bond donors (Lipinski definition) is 0. The lowest BCUT2D eigenvalue weighted by molar-refractivity contribution is 0.517. The van der Waals surface area contributed by atoms with Gasteiger partial charge in [0.05, 0.1) is 0 Å². The third kappa shape index (κ3) is 3.58. The lowest BCUT2D eigenvalue weighted by Crippen LogP contribution is -2.23. The molecule has 0 nitrogen and oxygen atoms in total. The first kappa shape index (κ1) is 16.3. The molecule has 0 amide bonds. The monoisotopic (exact) mass is 344 g/mol. The van der Waals surface area contributed by atoms with Crippen LogP contribution in [0.2, 0.25) is 0 Å². The van der Waals surface area contributed by atoms with Gasteiger partial charge in [0.25, 0.3) is 0 Å². The Labute approximate surface area is 137 Å². The Kier molecular flexibility index (Phi) is 4.63. The van der Waals surface area contributed by atoms with Crippen molar-refractivity contribution in [3.05, 3.63) is 71.3 Å². The Morgan fingerprint density at radius 3 is 1.71 bits per heavy atom. The quantitative estimate of drug-likeness (QED) is 0.565. The summed E-state index contributed by atoms with van der Waals surface area (Å²) in [6, 6.07) is 19.7. The lowest BCUT2D eigenvalue weighted by Gasteiger charge is -2.32. The summed E-state index contributed by atoms with van der Waals surface area (Å²) in [6.07, 6.45) is 0. The molecule has 0 saturated carbocycles. The van der Waals surface area contributed by atoms with Crippen LogP contribution in [0.25, 0.3) is 0 Å². The van der Waals surface area contributed by atoms with Crippen LogP contribution in [-0.4, -0.2) is 0 Å². The fourth-order valence-corrected chi connectivity index (χ4v) is 3.15. The fourth-order valence-electron chi connectivity index (χ4n) is 2.58. The van der Waals surface area contributed by atoms with E-state index in [2.05, 4.69) is 105 Å². The number of rotatable bonds is 3. The first-order valence-electron chi connectivity index (χ1n) is 7.53. The molecular formula is C20H25Br. The average Bonchev–Trinajstić information content (AvgIpc) is 2.46. The standard InChI is InChI=1S/C20H25Br/c1-19(2,3)16-13-11-15(12-14-16)18(21)20(4,5)17-9-7-6-8-10-17/h6-14,18H,1-5H3. The topological polar surface area (TPSA) is 0 Å². The minimum Gasteiger partial charge on any atom is -0.0829 e. The van der Waals surface area contributed by atoms with Crippen molar-refractivity contribution >= 4 is 15.9 Å². The van der Waals surface area contributed by atoms with Gasteiger partial charge in [0.1, 0.15) is 0 Å². The van der Waals surface area contributed by atoms with E-state index in [9.17, 15) is 0 Å². The highest BCUT2D eigenvalue weighted by Gasteiger charge is 2.30. The number of halogens is 1. The Balaban J connectivity index is 2.29. The summed E-state index contributed by atoms with van der Waals surface area (Å²) in [5.74, 6) is 0. The molecule has 0 aliphatic rings.